The number of esters is 1. The van der Waals surface area contributed by atoms with Gasteiger partial charge in [-0.1, -0.05) is 24.3 Å². The smallest absolute Gasteiger partial charge is 0.328 e. The monoisotopic (exact) mass is 460 g/mol. The summed E-state index contributed by atoms with van der Waals surface area (Å²) < 4.78 is 33.5. The van der Waals surface area contributed by atoms with Crippen molar-refractivity contribution < 1.29 is 32.3 Å². The Hall–Kier alpha value is -3.66. The van der Waals surface area contributed by atoms with Crippen LogP contribution in [0.15, 0.2) is 59.5 Å². The van der Waals surface area contributed by atoms with E-state index in [2.05, 4.69) is 10.6 Å². The van der Waals surface area contributed by atoms with Gasteiger partial charge in [0.25, 0.3) is 5.91 Å². The van der Waals surface area contributed by atoms with Crippen LogP contribution in [0.2, 0.25) is 0 Å². The molecule has 0 bridgehead atoms. The zero-order valence-electron chi connectivity index (χ0n) is 17.8. The maximum Gasteiger partial charge on any atom is 0.328 e. The molecule has 170 valence electrons. The van der Waals surface area contributed by atoms with E-state index in [1.54, 1.807) is 43.5 Å². The van der Waals surface area contributed by atoms with Crippen molar-refractivity contribution in [2.24, 2.45) is 0 Å². The van der Waals surface area contributed by atoms with Crippen molar-refractivity contribution in [3.63, 3.8) is 0 Å². The number of para-hydroxylation sites is 1. The number of ether oxygens (including phenoxy) is 2. The predicted octanol–water partition coefficient (Wildman–Crippen LogP) is 1.80. The van der Waals surface area contributed by atoms with Crippen LogP contribution in [-0.4, -0.2) is 52.2 Å². The number of rotatable bonds is 9. The molecule has 0 aromatic heterocycles. The van der Waals surface area contributed by atoms with Crippen molar-refractivity contribution in [2.45, 2.75) is 17.9 Å². The van der Waals surface area contributed by atoms with Gasteiger partial charge in [-0.3, -0.25) is 9.59 Å². The highest BCUT2D eigenvalue weighted by Gasteiger charge is 2.19. The Labute approximate surface area is 186 Å². The highest BCUT2D eigenvalue weighted by Crippen LogP contribution is 2.20. The van der Waals surface area contributed by atoms with Gasteiger partial charge < -0.3 is 20.1 Å². The maximum absolute atomic E-state index is 12.1. The van der Waals surface area contributed by atoms with Crippen LogP contribution >= 0.6 is 0 Å². The zero-order chi connectivity index (χ0) is 23.7. The van der Waals surface area contributed by atoms with Gasteiger partial charge in [0.15, 0.2) is 16.4 Å². The van der Waals surface area contributed by atoms with Crippen LogP contribution in [0.1, 0.15) is 12.5 Å². The van der Waals surface area contributed by atoms with Crippen LogP contribution in [0.4, 0.5) is 5.69 Å². The first-order chi connectivity index (χ1) is 15.1. The summed E-state index contributed by atoms with van der Waals surface area (Å²) in [4.78, 5) is 36.1. The van der Waals surface area contributed by atoms with Crippen LogP contribution in [0.5, 0.6) is 5.75 Å². The van der Waals surface area contributed by atoms with Gasteiger partial charge in [0.2, 0.25) is 5.91 Å². The Morgan fingerprint density at radius 2 is 1.72 bits per heavy atom. The van der Waals surface area contributed by atoms with Gasteiger partial charge >= 0.3 is 5.97 Å². The molecule has 1 unspecified atom stereocenters. The molecule has 0 saturated carbocycles. The Morgan fingerprint density at radius 1 is 1.06 bits per heavy atom. The first kappa shape index (κ1) is 24.6. The van der Waals surface area contributed by atoms with Crippen molar-refractivity contribution in [2.75, 3.05) is 25.3 Å². The number of hydrogen-bond acceptors (Lipinski definition) is 7. The Morgan fingerprint density at radius 3 is 2.34 bits per heavy atom. The normalized spacial score (nSPS) is 12.1. The van der Waals surface area contributed by atoms with Crippen LogP contribution in [0.3, 0.4) is 0 Å². The van der Waals surface area contributed by atoms with Gasteiger partial charge in [0.1, 0.15) is 11.8 Å². The molecule has 0 radical (unpaired) electrons. The Bertz CT molecular complexity index is 1110. The molecule has 2 aromatic rings. The predicted molar refractivity (Wildman–Crippen MR) is 119 cm³/mol. The summed E-state index contributed by atoms with van der Waals surface area (Å²) in [6.07, 6.45) is 3.85. The van der Waals surface area contributed by atoms with E-state index in [0.29, 0.717) is 5.75 Å². The van der Waals surface area contributed by atoms with E-state index in [0.717, 1.165) is 11.8 Å². The summed E-state index contributed by atoms with van der Waals surface area (Å²) in [6, 6.07) is 11.9. The summed E-state index contributed by atoms with van der Waals surface area (Å²) in [5, 5.41) is 4.83. The molecule has 0 spiro atoms. The summed E-state index contributed by atoms with van der Waals surface area (Å²) in [6.45, 7) is 0.775. The molecule has 0 aliphatic carbocycles. The standard InChI is InChI=1S/C22H24N2O7S/c1-15(23-20(25)13-10-16-8-11-17(30-2)12-9-16)22(27)31-14-21(26)24-18-6-4-5-7-19(18)32(3,28)29/h4-13,15H,14H2,1-3H3,(H,23,25)(H,24,26)/b13-10+. The quantitative estimate of drug-likeness (QED) is 0.431. The fraction of sp³-hybridized carbons (Fsp3) is 0.227. The van der Waals surface area contributed by atoms with Crippen LogP contribution < -0.4 is 15.4 Å². The lowest BCUT2D eigenvalue weighted by atomic mass is 10.2. The first-order valence-corrected chi connectivity index (χ1v) is 11.4. The molecule has 0 fully saturated rings. The van der Waals surface area contributed by atoms with E-state index in [9.17, 15) is 22.8 Å². The molecule has 9 nitrogen and oxygen atoms in total. The van der Waals surface area contributed by atoms with Gasteiger partial charge in [-0.25, -0.2) is 13.2 Å². The molecule has 10 heteroatoms. The summed E-state index contributed by atoms with van der Waals surface area (Å²) in [5.41, 5.74) is 0.850. The van der Waals surface area contributed by atoms with Crippen LogP contribution in [-0.2, 0) is 29.0 Å². The lowest BCUT2D eigenvalue weighted by Crippen LogP contribution is -2.39. The van der Waals surface area contributed by atoms with E-state index in [4.69, 9.17) is 9.47 Å². The van der Waals surface area contributed by atoms with E-state index >= 15 is 0 Å². The first-order valence-electron chi connectivity index (χ1n) is 9.48. The van der Waals surface area contributed by atoms with Gasteiger partial charge in [0, 0.05) is 12.3 Å². The SMILES string of the molecule is COc1ccc(/C=C/C(=O)NC(C)C(=O)OCC(=O)Nc2ccccc2S(C)(=O)=O)cc1. The number of sulfone groups is 1. The average Bonchev–Trinajstić information content (AvgIpc) is 2.76. The third-order valence-electron chi connectivity index (χ3n) is 4.16. The lowest BCUT2D eigenvalue weighted by molar-refractivity contribution is -0.149. The molecule has 2 amide bonds. The second-order valence-electron chi connectivity index (χ2n) is 6.76. The maximum atomic E-state index is 12.1. The molecule has 0 heterocycles. The van der Waals surface area contributed by atoms with Crippen molar-refractivity contribution in [3.05, 3.63) is 60.2 Å². The second-order valence-corrected chi connectivity index (χ2v) is 8.75. The highest BCUT2D eigenvalue weighted by molar-refractivity contribution is 7.90. The third kappa shape index (κ3) is 7.55. The number of methoxy groups -OCH3 is 1. The number of anilines is 1. The number of carbonyl (C=O) groups is 3. The molecule has 0 aliphatic heterocycles. The molecular formula is C22H24N2O7S. The van der Waals surface area contributed by atoms with Gasteiger partial charge in [-0.2, -0.15) is 0 Å². The van der Waals surface area contributed by atoms with Gasteiger partial charge in [-0.05, 0) is 42.8 Å². The minimum atomic E-state index is -3.55. The lowest BCUT2D eigenvalue weighted by Gasteiger charge is -2.13. The summed E-state index contributed by atoms with van der Waals surface area (Å²) in [7, 11) is -2.00. The number of carbonyl (C=O) groups excluding carboxylic acids is 3. The minimum absolute atomic E-state index is 0.0519. The largest absolute Gasteiger partial charge is 0.497 e. The molecule has 32 heavy (non-hydrogen) atoms. The molecule has 2 N–H and O–H groups in total. The third-order valence-corrected chi connectivity index (χ3v) is 5.32. The highest BCUT2D eigenvalue weighted by atomic mass is 32.2. The minimum Gasteiger partial charge on any atom is -0.497 e. The molecular weight excluding hydrogens is 436 g/mol. The number of benzene rings is 2. The molecule has 2 rings (SSSR count). The van der Waals surface area contributed by atoms with E-state index in [-0.39, 0.29) is 10.6 Å². The molecule has 0 saturated heterocycles. The Balaban J connectivity index is 1.84. The van der Waals surface area contributed by atoms with Crippen LogP contribution in [0.25, 0.3) is 6.08 Å². The number of amides is 2. The van der Waals surface area contributed by atoms with Crippen LogP contribution in [0, 0.1) is 0 Å². The molecule has 1 atom stereocenters. The number of hydrogen-bond donors (Lipinski definition) is 2. The summed E-state index contributed by atoms with van der Waals surface area (Å²) >= 11 is 0. The fourth-order valence-corrected chi connectivity index (χ4v) is 3.39. The van der Waals surface area contributed by atoms with Gasteiger partial charge in [-0.15, -0.1) is 0 Å². The van der Waals surface area contributed by atoms with Crippen molar-refractivity contribution >= 4 is 39.4 Å². The van der Waals surface area contributed by atoms with Crippen molar-refractivity contribution in [1.29, 1.82) is 0 Å². The van der Waals surface area contributed by atoms with E-state index in [1.807, 2.05) is 0 Å². The van der Waals surface area contributed by atoms with E-state index in [1.165, 1.54) is 31.2 Å². The molecule has 2 aromatic carbocycles. The topological polar surface area (TPSA) is 128 Å². The zero-order valence-corrected chi connectivity index (χ0v) is 18.6. The molecule has 0 aliphatic rings. The van der Waals surface area contributed by atoms with Crippen molar-refractivity contribution in [3.8, 4) is 5.75 Å². The summed E-state index contributed by atoms with van der Waals surface area (Å²) in [5.74, 6) is -1.36. The number of nitrogens with one attached hydrogen (secondary N) is 2. The van der Waals surface area contributed by atoms with E-state index < -0.39 is 40.3 Å². The fourth-order valence-electron chi connectivity index (χ4n) is 2.55. The van der Waals surface area contributed by atoms with Crippen molar-refractivity contribution in [1.82, 2.24) is 5.32 Å². The second kappa shape index (κ2) is 11.1. The van der Waals surface area contributed by atoms with Gasteiger partial charge in [0.05, 0.1) is 17.7 Å². The average molecular weight is 461 g/mol. The Kier molecular flexibility index (Phi) is 8.54.